The molecule has 0 aromatic heterocycles. The lowest BCUT2D eigenvalue weighted by Crippen LogP contribution is -2.64. The second-order valence-corrected chi connectivity index (χ2v) is 12.1. The van der Waals surface area contributed by atoms with Crippen LogP contribution in [0.3, 0.4) is 0 Å². The number of rotatable bonds is 11. The first-order chi connectivity index (χ1) is 19.6. The molecular formula is C30H35NO9S. The quantitative estimate of drug-likeness (QED) is 0.265. The fourth-order valence-electron chi connectivity index (χ4n) is 4.61. The lowest BCUT2D eigenvalue weighted by atomic mass is 9.97. The minimum Gasteiger partial charge on any atom is -0.489 e. The molecule has 41 heavy (non-hydrogen) atoms. The van der Waals surface area contributed by atoms with Crippen LogP contribution >= 0.6 is 0 Å². The number of hydrogen-bond acceptors (Lipinski definition) is 9. The minimum absolute atomic E-state index is 0.0833. The van der Waals surface area contributed by atoms with Crippen molar-refractivity contribution in [3.8, 4) is 5.75 Å². The predicted octanol–water partition coefficient (Wildman–Crippen LogP) is 2.01. The summed E-state index contributed by atoms with van der Waals surface area (Å²) in [5, 5.41) is 32.5. The Hall–Kier alpha value is -3.32. The first-order valence-corrected chi connectivity index (χ1v) is 14.8. The standard InChI is InChI=1S/C30H35NO9S/c1-19-12-23(18-41(36,37)25-6-4-3-5-7-25)14-24(13-19)38-16-21-8-10-22(11-9-21)17-39-30-27(31-20(2)33)29(35)28(34)26(15-32)40-30/h3-14,26-30,32,34-35H,15-18H2,1-2H3,(H,31,33)/t26-,27-,28-,29-,30-/m1/s1. The summed E-state index contributed by atoms with van der Waals surface area (Å²) in [6.07, 6.45) is -4.90. The highest BCUT2D eigenvalue weighted by molar-refractivity contribution is 7.90. The van der Waals surface area contributed by atoms with Gasteiger partial charge in [0.15, 0.2) is 16.1 Å². The molecule has 220 valence electrons. The van der Waals surface area contributed by atoms with Crippen LogP contribution in [-0.4, -0.2) is 66.9 Å². The number of sulfone groups is 1. The number of hydrogen-bond donors (Lipinski definition) is 4. The zero-order valence-electron chi connectivity index (χ0n) is 22.8. The van der Waals surface area contributed by atoms with Crippen molar-refractivity contribution >= 4 is 15.7 Å². The smallest absolute Gasteiger partial charge is 0.217 e. The lowest BCUT2D eigenvalue weighted by Gasteiger charge is -2.42. The monoisotopic (exact) mass is 585 g/mol. The van der Waals surface area contributed by atoms with E-state index >= 15 is 0 Å². The molecule has 1 saturated heterocycles. The third kappa shape index (κ3) is 8.13. The molecule has 10 nitrogen and oxygen atoms in total. The second-order valence-electron chi connectivity index (χ2n) is 10.1. The molecule has 1 aliphatic heterocycles. The molecule has 0 aliphatic carbocycles. The Morgan fingerprint density at radius 2 is 1.59 bits per heavy atom. The van der Waals surface area contributed by atoms with Crippen LogP contribution in [0.4, 0.5) is 0 Å². The highest BCUT2D eigenvalue weighted by Crippen LogP contribution is 2.25. The van der Waals surface area contributed by atoms with Gasteiger partial charge in [-0.05, 0) is 53.4 Å². The molecule has 0 bridgehead atoms. The van der Waals surface area contributed by atoms with Crippen LogP contribution in [0, 0.1) is 6.92 Å². The summed E-state index contributed by atoms with van der Waals surface area (Å²) >= 11 is 0. The van der Waals surface area contributed by atoms with Gasteiger partial charge in [0.05, 0.1) is 23.9 Å². The number of carbonyl (C=O) groups is 1. The van der Waals surface area contributed by atoms with E-state index in [0.29, 0.717) is 11.3 Å². The van der Waals surface area contributed by atoms with Crippen molar-refractivity contribution in [2.24, 2.45) is 0 Å². The maximum absolute atomic E-state index is 12.8. The number of nitrogens with one attached hydrogen (secondary N) is 1. The van der Waals surface area contributed by atoms with Crippen molar-refractivity contribution in [3.05, 3.63) is 95.1 Å². The van der Waals surface area contributed by atoms with E-state index in [1.54, 1.807) is 36.4 Å². The van der Waals surface area contributed by atoms with Gasteiger partial charge in [-0.2, -0.15) is 0 Å². The Bertz CT molecular complexity index is 1410. The zero-order chi connectivity index (χ0) is 29.6. The van der Waals surface area contributed by atoms with Gasteiger partial charge < -0.3 is 34.8 Å². The van der Waals surface area contributed by atoms with Gasteiger partial charge in [-0.15, -0.1) is 0 Å². The van der Waals surface area contributed by atoms with Crippen molar-refractivity contribution < 1.29 is 42.7 Å². The van der Waals surface area contributed by atoms with Crippen molar-refractivity contribution in [2.45, 2.75) is 68.4 Å². The highest BCUT2D eigenvalue weighted by atomic mass is 32.2. The number of amides is 1. The maximum atomic E-state index is 12.8. The number of aliphatic hydroxyl groups excluding tert-OH is 3. The summed E-state index contributed by atoms with van der Waals surface area (Å²) in [7, 11) is -3.49. The van der Waals surface area contributed by atoms with E-state index < -0.39 is 53.0 Å². The maximum Gasteiger partial charge on any atom is 0.217 e. The SMILES string of the molecule is CC(=O)N[C@H]1[C@H](OCc2ccc(COc3cc(C)cc(CS(=O)(=O)c4ccccc4)c3)cc2)O[C@H](CO)[C@@H](O)[C@@H]1O. The molecule has 1 fully saturated rings. The van der Waals surface area contributed by atoms with Crippen LogP contribution in [-0.2, 0) is 43.1 Å². The topological polar surface area (TPSA) is 152 Å². The largest absolute Gasteiger partial charge is 0.489 e. The van der Waals surface area contributed by atoms with Gasteiger partial charge in [0.1, 0.15) is 36.7 Å². The van der Waals surface area contributed by atoms with Crippen LogP contribution in [0.2, 0.25) is 0 Å². The highest BCUT2D eigenvalue weighted by Gasteiger charge is 2.45. The normalized spacial score (nSPS) is 22.7. The predicted molar refractivity (Wildman–Crippen MR) is 149 cm³/mol. The number of aliphatic hydroxyl groups is 3. The fourth-order valence-corrected chi connectivity index (χ4v) is 5.96. The summed E-state index contributed by atoms with van der Waals surface area (Å²) in [5.74, 6) is 0.00357. The Morgan fingerprint density at radius 1 is 0.927 bits per heavy atom. The molecule has 1 aliphatic rings. The molecule has 11 heteroatoms. The molecule has 4 rings (SSSR count). The molecule has 5 atom stereocenters. The summed E-state index contributed by atoms with van der Waals surface area (Å²) in [6, 6.07) is 20.1. The minimum atomic E-state index is -3.49. The van der Waals surface area contributed by atoms with Crippen molar-refractivity contribution in [1.29, 1.82) is 0 Å². The molecule has 0 spiro atoms. The van der Waals surface area contributed by atoms with E-state index in [9.17, 15) is 28.5 Å². The molecule has 0 saturated carbocycles. The van der Waals surface area contributed by atoms with Crippen LogP contribution in [0.15, 0.2) is 77.7 Å². The summed E-state index contributed by atoms with van der Waals surface area (Å²) < 4.78 is 43.0. The molecule has 0 unspecified atom stereocenters. The molecule has 0 radical (unpaired) electrons. The molecule has 1 amide bonds. The van der Waals surface area contributed by atoms with Gasteiger partial charge in [-0.25, -0.2) is 8.42 Å². The Labute approximate surface area is 239 Å². The van der Waals surface area contributed by atoms with Crippen LogP contribution in [0.5, 0.6) is 5.75 Å². The average molecular weight is 586 g/mol. The summed E-state index contributed by atoms with van der Waals surface area (Å²) in [4.78, 5) is 11.9. The molecule has 3 aromatic carbocycles. The van der Waals surface area contributed by atoms with E-state index in [-0.39, 0.29) is 23.9 Å². The third-order valence-corrected chi connectivity index (χ3v) is 8.37. The van der Waals surface area contributed by atoms with Crippen molar-refractivity contribution in [1.82, 2.24) is 5.32 Å². The van der Waals surface area contributed by atoms with Gasteiger partial charge in [-0.1, -0.05) is 48.5 Å². The fraction of sp³-hybridized carbons (Fsp3) is 0.367. The van der Waals surface area contributed by atoms with E-state index in [1.165, 1.54) is 6.92 Å². The van der Waals surface area contributed by atoms with Gasteiger partial charge in [0, 0.05) is 6.92 Å². The number of ether oxygens (including phenoxy) is 3. The number of aryl methyl sites for hydroxylation is 1. The second kappa shape index (κ2) is 13.6. The first kappa shape index (κ1) is 30.6. The third-order valence-electron chi connectivity index (χ3n) is 6.66. The summed E-state index contributed by atoms with van der Waals surface area (Å²) in [6.45, 7) is 2.98. The van der Waals surface area contributed by atoms with Crippen molar-refractivity contribution in [3.63, 3.8) is 0 Å². The zero-order valence-corrected chi connectivity index (χ0v) is 23.7. The van der Waals surface area contributed by atoms with Gasteiger partial charge in [0.2, 0.25) is 5.91 Å². The van der Waals surface area contributed by atoms with Crippen LogP contribution in [0.1, 0.15) is 29.2 Å². The van der Waals surface area contributed by atoms with Gasteiger partial charge in [0.25, 0.3) is 0 Å². The van der Waals surface area contributed by atoms with E-state index in [4.69, 9.17) is 14.2 Å². The summed E-state index contributed by atoms with van der Waals surface area (Å²) in [5.41, 5.74) is 3.18. The van der Waals surface area contributed by atoms with Gasteiger partial charge >= 0.3 is 0 Å². The van der Waals surface area contributed by atoms with E-state index in [2.05, 4.69) is 5.32 Å². The molecule has 1 heterocycles. The van der Waals surface area contributed by atoms with Crippen molar-refractivity contribution in [2.75, 3.05) is 6.61 Å². The van der Waals surface area contributed by atoms with E-state index in [1.807, 2.05) is 43.3 Å². The average Bonchev–Trinajstić information content (AvgIpc) is 2.94. The van der Waals surface area contributed by atoms with Gasteiger partial charge in [-0.3, -0.25) is 4.79 Å². The van der Waals surface area contributed by atoms with E-state index in [0.717, 1.165) is 16.7 Å². The molecule has 3 aromatic rings. The van der Waals surface area contributed by atoms with Crippen LogP contribution in [0.25, 0.3) is 0 Å². The van der Waals surface area contributed by atoms with Crippen LogP contribution < -0.4 is 10.1 Å². The Morgan fingerprint density at radius 3 is 2.22 bits per heavy atom. The molecular weight excluding hydrogens is 550 g/mol. The Kier molecular flexibility index (Phi) is 10.1. The number of carbonyl (C=O) groups excluding carboxylic acids is 1. The number of benzene rings is 3. The molecule has 4 N–H and O–H groups in total. The first-order valence-electron chi connectivity index (χ1n) is 13.2. The Balaban J connectivity index is 1.35. The lowest BCUT2D eigenvalue weighted by molar-refractivity contribution is -0.273.